The van der Waals surface area contributed by atoms with Gasteiger partial charge in [0.25, 0.3) is 0 Å². The Morgan fingerprint density at radius 1 is 1.42 bits per heavy atom. The van der Waals surface area contributed by atoms with Crippen LogP contribution >= 0.6 is 27.5 Å². The molecule has 0 aromatic heterocycles. The molecular weight excluding hydrogens is 328 g/mol. The molecule has 1 rings (SSSR count). The molecule has 0 radical (unpaired) electrons. The Balaban J connectivity index is 3.23. The number of allylic oxidation sites excluding steroid dienone is 1. The molecule has 0 unspecified atom stereocenters. The Hall–Kier alpha value is -0.670. The molecule has 106 valence electrons. The van der Waals surface area contributed by atoms with Crippen LogP contribution in [0.4, 0.5) is 0 Å². The van der Waals surface area contributed by atoms with E-state index in [9.17, 15) is 0 Å². The minimum Gasteiger partial charge on any atom is -0.491 e. The van der Waals surface area contributed by atoms with Crippen molar-refractivity contribution >= 4 is 33.6 Å². The third-order valence-corrected chi connectivity index (χ3v) is 3.71. The maximum atomic E-state index is 6.23. The molecule has 2 nitrogen and oxygen atoms in total. The maximum Gasteiger partial charge on any atom is 0.179 e. The van der Waals surface area contributed by atoms with Gasteiger partial charge in [0.05, 0.1) is 18.7 Å². The Bertz CT molecular complexity index is 456. The zero-order valence-corrected chi connectivity index (χ0v) is 14.1. The fourth-order valence-electron chi connectivity index (χ4n) is 1.71. The van der Waals surface area contributed by atoms with E-state index >= 15 is 0 Å². The number of halogens is 2. The van der Waals surface area contributed by atoms with Crippen molar-refractivity contribution in [2.75, 3.05) is 19.0 Å². The van der Waals surface area contributed by atoms with Gasteiger partial charge in [0.1, 0.15) is 0 Å². The molecule has 0 spiro atoms. The first-order chi connectivity index (χ1) is 9.03. The minimum atomic E-state index is 0.482. The summed E-state index contributed by atoms with van der Waals surface area (Å²) in [6.07, 6.45) is 2.13. The largest absolute Gasteiger partial charge is 0.491 e. The number of ether oxygens (including phenoxy) is 2. The topological polar surface area (TPSA) is 18.5 Å². The van der Waals surface area contributed by atoms with E-state index in [0.29, 0.717) is 29.0 Å². The molecule has 1 aromatic rings. The van der Waals surface area contributed by atoms with Gasteiger partial charge in [-0.3, -0.25) is 0 Å². The van der Waals surface area contributed by atoms with Gasteiger partial charge < -0.3 is 9.47 Å². The van der Waals surface area contributed by atoms with Gasteiger partial charge in [0.15, 0.2) is 11.5 Å². The zero-order valence-electron chi connectivity index (χ0n) is 11.8. The Labute approximate surface area is 128 Å². The molecule has 0 amide bonds. The highest BCUT2D eigenvalue weighted by molar-refractivity contribution is 9.09. The Kier molecular flexibility index (Phi) is 6.73. The molecule has 0 atom stereocenters. The third kappa shape index (κ3) is 4.43. The molecular formula is C15H20BrClO2. The highest BCUT2D eigenvalue weighted by atomic mass is 79.9. The number of hydrogen-bond donors (Lipinski definition) is 0. The molecule has 0 heterocycles. The van der Waals surface area contributed by atoms with Gasteiger partial charge in [0, 0.05) is 5.33 Å². The summed E-state index contributed by atoms with van der Waals surface area (Å²) in [6, 6.07) is 3.85. The van der Waals surface area contributed by atoms with Crippen LogP contribution in [-0.4, -0.2) is 19.0 Å². The van der Waals surface area contributed by atoms with E-state index in [4.69, 9.17) is 21.1 Å². The predicted octanol–water partition coefficient (Wildman–Crippen LogP) is 5.18. The third-order valence-electron chi connectivity index (χ3n) is 2.78. The maximum absolute atomic E-state index is 6.23. The molecule has 0 N–H and O–H groups in total. The highest BCUT2D eigenvalue weighted by Crippen LogP contribution is 2.37. The van der Waals surface area contributed by atoms with Crippen LogP contribution in [-0.2, 0) is 0 Å². The van der Waals surface area contributed by atoms with Crippen LogP contribution in [0.1, 0.15) is 26.3 Å². The molecule has 0 saturated heterocycles. The monoisotopic (exact) mass is 346 g/mol. The Morgan fingerprint density at radius 2 is 2.11 bits per heavy atom. The van der Waals surface area contributed by atoms with Crippen molar-refractivity contribution in [3.8, 4) is 11.5 Å². The van der Waals surface area contributed by atoms with Gasteiger partial charge in [-0.1, -0.05) is 53.0 Å². The van der Waals surface area contributed by atoms with Crippen molar-refractivity contribution < 1.29 is 9.47 Å². The molecule has 0 aliphatic rings. The lowest BCUT2D eigenvalue weighted by Crippen LogP contribution is -1.98. The summed E-state index contributed by atoms with van der Waals surface area (Å²) in [5.41, 5.74) is 2.33. The summed E-state index contributed by atoms with van der Waals surface area (Å²) in [6.45, 7) is 6.85. The van der Waals surface area contributed by atoms with E-state index in [1.165, 1.54) is 5.57 Å². The summed E-state index contributed by atoms with van der Waals surface area (Å²) in [7, 11) is 1.59. The van der Waals surface area contributed by atoms with Crippen LogP contribution in [0.15, 0.2) is 17.7 Å². The molecule has 0 fully saturated rings. The van der Waals surface area contributed by atoms with Crippen LogP contribution in [0.3, 0.4) is 0 Å². The van der Waals surface area contributed by atoms with E-state index in [2.05, 4.69) is 35.9 Å². The summed E-state index contributed by atoms with van der Waals surface area (Å²) >= 11 is 9.74. The fraction of sp³-hybridized carbons (Fsp3) is 0.467. The van der Waals surface area contributed by atoms with Crippen molar-refractivity contribution in [3.63, 3.8) is 0 Å². The average Bonchev–Trinajstić information content (AvgIpc) is 2.35. The molecule has 0 aliphatic heterocycles. The highest BCUT2D eigenvalue weighted by Gasteiger charge is 2.11. The van der Waals surface area contributed by atoms with Crippen LogP contribution in [0.25, 0.3) is 6.08 Å². The number of benzene rings is 1. The molecule has 0 saturated carbocycles. The van der Waals surface area contributed by atoms with Gasteiger partial charge in [-0.25, -0.2) is 0 Å². The summed E-state index contributed by atoms with van der Waals surface area (Å²) in [5, 5.41) is 1.41. The average molecular weight is 348 g/mol. The molecule has 0 aliphatic carbocycles. The van der Waals surface area contributed by atoms with Crippen molar-refractivity contribution in [3.05, 3.63) is 28.3 Å². The van der Waals surface area contributed by atoms with Crippen LogP contribution in [0, 0.1) is 5.92 Å². The zero-order chi connectivity index (χ0) is 14.4. The number of alkyl halides is 1. The predicted molar refractivity (Wildman–Crippen MR) is 85.8 cm³/mol. The molecule has 0 bridgehead atoms. The van der Waals surface area contributed by atoms with Gasteiger partial charge in [0.2, 0.25) is 0 Å². The quantitative estimate of drug-likeness (QED) is 0.660. The van der Waals surface area contributed by atoms with E-state index < -0.39 is 0 Å². The molecule has 19 heavy (non-hydrogen) atoms. The summed E-state index contributed by atoms with van der Waals surface area (Å²) in [5.74, 6) is 1.75. The second kappa shape index (κ2) is 7.81. The molecule has 4 heteroatoms. The standard InChI is InChI=1S/C15H20BrClO2/c1-5-19-14-8-11(6-12(9-16)10(2)3)7-13(17)15(14)18-4/h6-8,10H,5,9H2,1-4H3. The van der Waals surface area contributed by atoms with Crippen LogP contribution in [0.5, 0.6) is 11.5 Å². The van der Waals surface area contributed by atoms with E-state index in [1.54, 1.807) is 7.11 Å². The first-order valence-electron chi connectivity index (χ1n) is 6.30. The van der Waals surface area contributed by atoms with E-state index in [0.717, 1.165) is 10.9 Å². The lowest BCUT2D eigenvalue weighted by atomic mass is 10.0. The minimum absolute atomic E-state index is 0.482. The van der Waals surface area contributed by atoms with Crippen molar-refractivity contribution in [1.29, 1.82) is 0 Å². The Morgan fingerprint density at radius 3 is 2.58 bits per heavy atom. The summed E-state index contributed by atoms with van der Waals surface area (Å²) < 4.78 is 10.9. The van der Waals surface area contributed by atoms with Crippen molar-refractivity contribution in [2.45, 2.75) is 20.8 Å². The SMILES string of the molecule is CCOc1cc(C=C(CBr)C(C)C)cc(Cl)c1OC. The fourth-order valence-corrected chi connectivity index (χ4v) is 2.81. The first-order valence-corrected chi connectivity index (χ1v) is 7.80. The van der Waals surface area contributed by atoms with Gasteiger partial charge in [-0.15, -0.1) is 0 Å². The lowest BCUT2D eigenvalue weighted by Gasteiger charge is -2.13. The first kappa shape index (κ1) is 16.4. The molecule has 1 aromatic carbocycles. The van der Waals surface area contributed by atoms with Crippen molar-refractivity contribution in [2.24, 2.45) is 5.92 Å². The second-order valence-corrected chi connectivity index (χ2v) is 5.44. The van der Waals surface area contributed by atoms with Gasteiger partial charge >= 0.3 is 0 Å². The number of methoxy groups -OCH3 is 1. The van der Waals surface area contributed by atoms with Crippen LogP contribution in [0.2, 0.25) is 5.02 Å². The van der Waals surface area contributed by atoms with E-state index in [-0.39, 0.29) is 0 Å². The second-order valence-electron chi connectivity index (χ2n) is 4.47. The van der Waals surface area contributed by atoms with E-state index in [1.807, 2.05) is 19.1 Å². The number of rotatable bonds is 6. The van der Waals surface area contributed by atoms with Crippen molar-refractivity contribution in [1.82, 2.24) is 0 Å². The van der Waals surface area contributed by atoms with Gasteiger partial charge in [-0.05, 0) is 30.5 Å². The number of hydrogen-bond acceptors (Lipinski definition) is 2. The smallest absolute Gasteiger partial charge is 0.179 e. The lowest BCUT2D eigenvalue weighted by molar-refractivity contribution is 0.311. The van der Waals surface area contributed by atoms with Gasteiger partial charge in [-0.2, -0.15) is 0 Å². The summed E-state index contributed by atoms with van der Waals surface area (Å²) in [4.78, 5) is 0. The van der Waals surface area contributed by atoms with Crippen LogP contribution < -0.4 is 9.47 Å². The normalized spacial score (nSPS) is 11.8.